The Morgan fingerprint density at radius 1 is 1.26 bits per heavy atom. The summed E-state index contributed by atoms with van der Waals surface area (Å²) < 4.78 is 7.70. The number of hydrogen-bond donors (Lipinski definition) is 0. The van der Waals surface area contributed by atoms with E-state index in [0.29, 0.717) is 30.6 Å². The fourth-order valence-electron chi connectivity index (χ4n) is 3.81. The number of pyridine rings is 1. The molecule has 27 heavy (non-hydrogen) atoms. The summed E-state index contributed by atoms with van der Waals surface area (Å²) in [6.07, 6.45) is 4.04. The zero-order valence-corrected chi connectivity index (χ0v) is 16.3. The number of aryl methyl sites for hydroxylation is 2. The molecule has 0 spiro atoms. The van der Waals surface area contributed by atoms with E-state index in [0.717, 1.165) is 35.2 Å². The van der Waals surface area contributed by atoms with Gasteiger partial charge in [-0.1, -0.05) is 6.92 Å². The van der Waals surface area contributed by atoms with E-state index in [-0.39, 0.29) is 17.4 Å². The molecule has 0 aromatic carbocycles. The number of carbonyl (C=O) groups is 1. The van der Waals surface area contributed by atoms with Crippen LogP contribution in [0.4, 0.5) is 5.69 Å². The Balaban J connectivity index is 2.19. The first kappa shape index (κ1) is 19.1. The SMILES string of the molecule is CCOC(=O)C1CCCN(c2c(CC)cnc3c2c(=O)n(C)c(=O)n3C)C1. The van der Waals surface area contributed by atoms with Crippen LogP contribution in [0.15, 0.2) is 15.8 Å². The lowest BCUT2D eigenvalue weighted by Crippen LogP contribution is -2.42. The highest BCUT2D eigenvalue weighted by molar-refractivity contribution is 5.91. The molecule has 2 aromatic rings. The number of carbonyl (C=O) groups excluding carboxylic acids is 1. The average Bonchev–Trinajstić information content (AvgIpc) is 2.69. The molecular weight excluding hydrogens is 348 g/mol. The van der Waals surface area contributed by atoms with Crippen LogP contribution in [0.2, 0.25) is 0 Å². The van der Waals surface area contributed by atoms with Crippen molar-refractivity contribution in [1.82, 2.24) is 14.1 Å². The Hall–Kier alpha value is -2.64. The van der Waals surface area contributed by atoms with Gasteiger partial charge in [0.2, 0.25) is 0 Å². The topological polar surface area (TPSA) is 86.4 Å². The molecule has 8 heteroatoms. The Bertz CT molecular complexity index is 992. The summed E-state index contributed by atoms with van der Waals surface area (Å²) in [7, 11) is 3.09. The van der Waals surface area contributed by atoms with Gasteiger partial charge in [-0.05, 0) is 31.7 Å². The van der Waals surface area contributed by atoms with Crippen LogP contribution in [0.25, 0.3) is 11.0 Å². The van der Waals surface area contributed by atoms with E-state index in [1.807, 2.05) is 6.92 Å². The van der Waals surface area contributed by atoms with Gasteiger partial charge in [0.15, 0.2) is 5.65 Å². The van der Waals surface area contributed by atoms with E-state index in [1.54, 1.807) is 20.2 Å². The monoisotopic (exact) mass is 374 g/mol. The Morgan fingerprint density at radius 3 is 2.67 bits per heavy atom. The van der Waals surface area contributed by atoms with Gasteiger partial charge in [0.1, 0.15) is 5.39 Å². The Morgan fingerprint density at radius 2 is 2.00 bits per heavy atom. The third kappa shape index (κ3) is 3.24. The van der Waals surface area contributed by atoms with Crippen molar-refractivity contribution in [3.8, 4) is 0 Å². The molecule has 1 aliphatic rings. The average molecular weight is 374 g/mol. The van der Waals surface area contributed by atoms with Crippen molar-refractivity contribution >= 4 is 22.7 Å². The highest BCUT2D eigenvalue weighted by atomic mass is 16.5. The molecule has 3 heterocycles. The third-order valence-electron chi connectivity index (χ3n) is 5.26. The second-order valence-electron chi connectivity index (χ2n) is 6.93. The van der Waals surface area contributed by atoms with Gasteiger partial charge in [0.25, 0.3) is 5.56 Å². The van der Waals surface area contributed by atoms with Gasteiger partial charge in [-0.3, -0.25) is 18.7 Å². The molecule has 1 atom stereocenters. The molecule has 2 aromatic heterocycles. The van der Waals surface area contributed by atoms with Gasteiger partial charge in [-0.2, -0.15) is 0 Å². The lowest BCUT2D eigenvalue weighted by molar-refractivity contribution is -0.148. The molecule has 0 amide bonds. The van der Waals surface area contributed by atoms with Gasteiger partial charge < -0.3 is 9.64 Å². The van der Waals surface area contributed by atoms with E-state index >= 15 is 0 Å². The molecule has 1 aliphatic heterocycles. The van der Waals surface area contributed by atoms with Crippen LogP contribution in [-0.2, 0) is 30.0 Å². The van der Waals surface area contributed by atoms with Crippen molar-refractivity contribution in [1.29, 1.82) is 0 Å². The maximum atomic E-state index is 12.9. The number of esters is 1. The molecule has 3 rings (SSSR count). The van der Waals surface area contributed by atoms with Crippen molar-refractivity contribution in [3.05, 3.63) is 32.6 Å². The molecule has 0 saturated carbocycles. The fourth-order valence-corrected chi connectivity index (χ4v) is 3.81. The van der Waals surface area contributed by atoms with Crippen molar-refractivity contribution in [2.45, 2.75) is 33.1 Å². The van der Waals surface area contributed by atoms with Gasteiger partial charge in [-0.15, -0.1) is 0 Å². The number of nitrogens with zero attached hydrogens (tertiary/aromatic N) is 4. The van der Waals surface area contributed by atoms with E-state index in [4.69, 9.17) is 4.74 Å². The van der Waals surface area contributed by atoms with E-state index in [2.05, 4.69) is 9.88 Å². The summed E-state index contributed by atoms with van der Waals surface area (Å²) in [6.45, 7) is 5.40. The summed E-state index contributed by atoms with van der Waals surface area (Å²) in [5.41, 5.74) is 1.33. The lowest BCUT2D eigenvalue weighted by Gasteiger charge is -2.35. The number of piperidine rings is 1. The highest BCUT2D eigenvalue weighted by Crippen LogP contribution is 2.31. The van der Waals surface area contributed by atoms with Gasteiger partial charge in [-0.25, -0.2) is 9.78 Å². The molecule has 0 bridgehead atoms. The summed E-state index contributed by atoms with van der Waals surface area (Å²) in [4.78, 5) is 43.9. The Kier molecular flexibility index (Phi) is 5.34. The normalized spacial score (nSPS) is 17.3. The van der Waals surface area contributed by atoms with Gasteiger partial charge in [0, 0.05) is 33.4 Å². The summed E-state index contributed by atoms with van der Waals surface area (Å²) >= 11 is 0. The van der Waals surface area contributed by atoms with Gasteiger partial charge in [0.05, 0.1) is 18.2 Å². The first-order valence-electron chi connectivity index (χ1n) is 9.39. The largest absolute Gasteiger partial charge is 0.466 e. The minimum atomic E-state index is -0.404. The first-order chi connectivity index (χ1) is 12.9. The molecule has 0 radical (unpaired) electrons. The molecule has 1 saturated heterocycles. The van der Waals surface area contributed by atoms with Crippen LogP contribution >= 0.6 is 0 Å². The van der Waals surface area contributed by atoms with E-state index < -0.39 is 5.69 Å². The molecule has 8 nitrogen and oxygen atoms in total. The van der Waals surface area contributed by atoms with E-state index in [1.165, 1.54) is 11.6 Å². The molecule has 1 fully saturated rings. The lowest BCUT2D eigenvalue weighted by atomic mass is 9.96. The van der Waals surface area contributed by atoms with Crippen LogP contribution in [0.5, 0.6) is 0 Å². The number of anilines is 1. The van der Waals surface area contributed by atoms with Crippen LogP contribution in [0.1, 0.15) is 32.3 Å². The standard InChI is InChI=1S/C19H26N4O4/c1-5-12-10-20-16-14(17(24)22(4)19(26)21(16)3)15(12)23-9-7-8-13(11-23)18(25)27-6-2/h10,13H,5-9,11H2,1-4H3. The first-order valence-corrected chi connectivity index (χ1v) is 9.39. The number of hydrogen-bond acceptors (Lipinski definition) is 6. The van der Waals surface area contributed by atoms with Crippen LogP contribution in [0.3, 0.4) is 0 Å². The highest BCUT2D eigenvalue weighted by Gasteiger charge is 2.30. The van der Waals surface area contributed by atoms with Gasteiger partial charge >= 0.3 is 11.7 Å². The fraction of sp³-hybridized carbons (Fsp3) is 0.579. The van der Waals surface area contributed by atoms with Crippen LogP contribution < -0.4 is 16.1 Å². The minimum Gasteiger partial charge on any atom is -0.466 e. The predicted octanol–water partition coefficient (Wildman–Crippen LogP) is 0.974. The summed E-state index contributed by atoms with van der Waals surface area (Å²) in [6, 6.07) is 0. The second-order valence-corrected chi connectivity index (χ2v) is 6.93. The van der Waals surface area contributed by atoms with E-state index in [9.17, 15) is 14.4 Å². The Labute approximate surface area is 157 Å². The molecule has 0 N–H and O–H groups in total. The number of fused-ring (bicyclic) bond motifs is 1. The van der Waals surface area contributed by atoms with Crippen molar-refractivity contribution in [2.24, 2.45) is 20.0 Å². The maximum Gasteiger partial charge on any atom is 0.332 e. The molecular formula is C19H26N4O4. The number of rotatable bonds is 4. The number of ether oxygens (including phenoxy) is 1. The minimum absolute atomic E-state index is 0.195. The van der Waals surface area contributed by atoms with Crippen molar-refractivity contribution < 1.29 is 9.53 Å². The summed E-state index contributed by atoms with van der Waals surface area (Å²) in [5, 5.41) is 0.434. The zero-order valence-electron chi connectivity index (χ0n) is 16.3. The zero-order chi connectivity index (χ0) is 19.7. The van der Waals surface area contributed by atoms with Crippen LogP contribution in [-0.4, -0.2) is 39.8 Å². The van der Waals surface area contributed by atoms with Crippen molar-refractivity contribution in [3.63, 3.8) is 0 Å². The summed E-state index contributed by atoms with van der Waals surface area (Å²) in [5.74, 6) is -0.415. The third-order valence-corrected chi connectivity index (χ3v) is 5.26. The van der Waals surface area contributed by atoms with Crippen LogP contribution in [0, 0.1) is 5.92 Å². The van der Waals surface area contributed by atoms with Crippen molar-refractivity contribution in [2.75, 3.05) is 24.6 Å². The maximum absolute atomic E-state index is 12.9. The molecule has 1 unspecified atom stereocenters. The molecule has 0 aliphatic carbocycles. The second kappa shape index (κ2) is 7.54. The quantitative estimate of drug-likeness (QED) is 0.742. The number of aromatic nitrogens is 3. The predicted molar refractivity (Wildman–Crippen MR) is 103 cm³/mol. The smallest absolute Gasteiger partial charge is 0.332 e. The molecule has 146 valence electrons.